The van der Waals surface area contributed by atoms with Gasteiger partial charge in [0.1, 0.15) is 13.3 Å². The lowest BCUT2D eigenvalue weighted by Gasteiger charge is -2.40. The van der Waals surface area contributed by atoms with E-state index in [2.05, 4.69) is 0 Å². The summed E-state index contributed by atoms with van der Waals surface area (Å²) in [6, 6.07) is 0. The second kappa shape index (κ2) is 9.15. The monoisotopic (exact) mass is 362 g/mol. The molecule has 0 amide bonds. The van der Waals surface area contributed by atoms with Gasteiger partial charge in [0.15, 0.2) is 0 Å². The number of esters is 3. The van der Waals surface area contributed by atoms with Crippen LogP contribution in [-0.4, -0.2) is 45.4 Å². The van der Waals surface area contributed by atoms with Crippen molar-refractivity contribution in [2.24, 2.45) is 16.2 Å². The fourth-order valence-electron chi connectivity index (χ4n) is 3.26. The van der Waals surface area contributed by atoms with Crippen molar-refractivity contribution in [1.82, 2.24) is 0 Å². The first kappa shape index (κ1) is 23.3. The maximum atomic E-state index is 12.6. The highest BCUT2D eigenvalue weighted by Gasteiger charge is 2.50. The zero-order valence-corrected chi connectivity index (χ0v) is 16.4. The molecule has 0 rings (SSSR count). The number of halogens is 1. The van der Waals surface area contributed by atoms with E-state index in [0.29, 0.717) is 6.42 Å². The molecule has 0 aliphatic carbocycles. The lowest BCUT2D eigenvalue weighted by atomic mass is 9.64. The van der Waals surface area contributed by atoms with Gasteiger partial charge in [0, 0.05) is 0 Å². The predicted octanol–water partition coefficient (Wildman–Crippen LogP) is 3.07. The number of carbonyl (C=O) groups excluding carboxylic acids is 3. The second-order valence-corrected chi connectivity index (χ2v) is 7.56. The highest BCUT2D eigenvalue weighted by Crippen LogP contribution is 2.46. The van der Waals surface area contributed by atoms with Crippen molar-refractivity contribution in [2.45, 2.75) is 53.9 Å². The van der Waals surface area contributed by atoms with Crippen LogP contribution in [0.4, 0.5) is 4.39 Å². The van der Waals surface area contributed by atoms with Gasteiger partial charge in [-0.15, -0.1) is 0 Å². The summed E-state index contributed by atoms with van der Waals surface area (Å²) in [5.74, 6) is -1.55. The molecule has 0 aromatic rings. The van der Waals surface area contributed by atoms with Crippen molar-refractivity contribution in [1.29, 1.82) is 0 Å². The molecule has 25 heavy (non-hydrogen) atoms. The molecule has 6 nitrogen and oxygen atoms in total. The van der Waals surface area contributed by atoms with Crippen molar-refractivity contribution in [3.8, 4) is 0 Å². The maximum absolute atomic E-state index is 12.6. The first-order valence-corrected chi connectivity index (χ1v) is 8.32. The summed E-state index contributed by atoms with van der Waals surface area (Å²) in [4.78, 5) is 36.9. The molecule has 0 saturated heterocycles. The molecule has 1 atom stereocenters. The minimum absolute atomic E-state index is 0.106. The zero-order valence-electron chi connectivity index (χ0n) is 16.4. The Kier molecular flexibility index (Phi) is 8.54. The van der Waals surface area contributed by atoms with Crippen molar-refractivity contribution in [3.05, 3.63) is 0 Å². The Labute approximate surface area is 149 Å². The molecule has 0 N–H and O–H groups in total. The number of alkyl halides is 1. The van der Waals surface area contributed by atoms with Crippen LogP contribution in [0.5, 0.6) is 0 Å². The minimum atomic E-state index is -1.08. The molecule has 0 radical (unpaired) electrons. The first-order chi connectivity index (χ1) is 11.4. The van der Waals surface area contributed by atoms with Crippen LogP contribution >= 0.6 is 0 Å². The third kappa shape index (κ3) is 5.97. The van der Waals surface area contributed by atoms with E-state index in [1.807, 2.05) is 0 Å². The van der Waals surface area contributed by atoms with E-state index in [-0.39, 0.29) is 19.4 Å². The summed E-state index contributed by atoms with van der Waals surface area (Å²) < 4.78 is 27.0. The molecule has 0 saturated carbocycles. The van der Waals surface area contributed by atoms with Crippen LogP contribution in [0.15, 0.2) is 0 Å². The molecular formula is C18H31FO6. The molecule has 7 heteroatoms. The Hall–Kier alpha value is -1.66. The van der Waals surface area contributed by atoms with Crippen molar-refractivity contribution < 1.29 is 33.0 Å². The van der Waals surface area contributed by atoms with Gasteiger partial charge in [0.25, 0.3) is 0 Å². The predicted molar refractivity (Wildman–Crippen MR) is 90.5 cm³/mol. The number of rotatable bonds is 10. The fraction of sp³-hybridized carbons (Fsp3) is 0.833. The molecule has 0 aromatic carbocycles. The van der Waals surface area contributed by atoms with Crippen LogP contribution in [-0.2, 0) is 28.6 Å². The van der Waals surface area contributed by atoms with E-state index in [1.54, 1.807) is 34.6 Å². The maximum Gasteiger partial charge on any atom is 0.311 e. The summed E-state index contributed by atoms with van der Waals surface area (Å²) in [5.41, 5.74) is -3.08. The Bertz CT molecular complexity index is 486. The van der Waals surface area contributed by atoms with E-state index in [9.17, 15) is 18.8 Å². The molecule has 0 aromatic heterocycles. The molecule has 0 spiro atoms. The Morgan fingerprint density at radius 1 is 0.840 bits per heavy atom. The van der Waals surface area contributed by atoms with Crippen LogP contribution in [0.3, 0.4) is 0 Å². The summed E-state index contributed by atoms with van der Waals surface area (Å²) in [6.07, 6.45) is 0.615. The zero-order chi connectivity index (χ0) is 19.9. The van der Waals surface area contributed by atoms with E-state index in [0.717, 1.165) is 0 Å². The van der Waals surface area contributed by atoms with E-state index in [4.69, 9.17) is 14.2 Å². The summed E-state index contributed by atoms with van der Waals surface area (Å²) in [7, 11) is 2.56. The third-order valence-electron chi connectivity index (χ3n) is 4.46. The molecule has 0 aliphatic rings. The summed E-state index contributed by atoms with van der Waals surface area (Å²) in [6.45, 7) is 7.33. The van der Waals surface area contributed by atoms with E-state index in [1.165, 1.54) is 14.2 Å². The standard InChI is InChI=1S/C18H31FO6/c1-8-18(15(22)24-7,11-16(2,3)13(20)23-6)12-17(4,5)14(21)25-10-9-19/h8-12H2,1-7H3. The van der Waals surface area contributed by atoms with Gasteiger partial charge >= 0.3 is 17.9 Å². The Morgan fingerprint density at radius 2 is 1.28 bits per heavy atom. The second-order valence-electron chi connectivity index (χ2n) is 7.56. The molecule has 0 fully saturated rings. The highest BCUT2D eigenvalue weighted by molar-refractivity contribution is 5.82. The quantitative estimate of drug-likeness (QED) is 0.439. The van der Waals surface area contributed by atoms with Crippen LogP contribution in [0.1, 0.15) is 53.9 Å². The van der Waals surface area contributed by atoms with Crippen LogP contribution < -0.4 is 0 Å². The largest absolute Gasteiger partial charge is 0.469 e. The van der Waals surface area contributed by atoms with Gasteiger partial charge in [-0.05, 0) is 47.0 Å². The lowest BCUT2D eigenvalue weighted by molar-refractivity contribution is -0.167. The van der Waals surface area contributed by atoms with Gasteiger partial charge in [-0.1, -0.05) is 6.92 Å². The van der Waals surface area contributed by atoms with E-state index < -0.39 is 40.8 Å². The molecular weight excluding hydrogens is 331 g/mol. The van der Waals surface area contributed by atoms with Gasteiger partial charge in [-0.3, -0.25) is 14.4 Å². The average Bonchev–Trinajstić information content (AvgIpc) is 2.56. The van der Waals surface area contributed by atoms with Gasteiger partial charge in [0.05, 0.1) is 30.5 Å². The van der Waals surface area contributed by atoms with Crippen LogP contribution in [0.25, 0.3) is 0 Å². The van der Waals surface area contributed by atoms with Crippen LogP contribution in [0, 0.1) is 16.2 Å². The molecule has 0 aliphatic heterocycles. The smallest absolute Gasteiger partial charge is 0.311 e. The van der Waals surface area contributed by atoms with Crippen molar-refractivity contribution >= 4 is 17.9 Å². The SMILES string of the molecule is CCC(CC(C)(C)C(=O)OC)(CC(C)(C)C(=O)OCCF)C(=O)OC. The number of methoxy groups -OCH3 is 2. The lowest BCUT2D eigenvalue weighted by Crippen LogP contribution is -2.44. The fourth-order valence-corrected chi connectivity index (χ4v) is 3.26. The normalized spacial score (nSPS) is 14.4. The number of hydrogen-bond donors (Lipinski definition) is 0. The van der Waals surface area contributed by atoms with Crippen LogP contribution in [0.2, 0.25) is 0 Å². The third-order valence-corrected chi connectivity index (χ3v) is 4.46. The highest BCUT2D eigenvalue weighted by atomic mass is 19.1. The average molecular weight is 362 g/mol. The molecule has 0 bridgehead atoms. The number of hydrogen-bond acceptors (Lipinski definition) is 6. The molecule has 0 heterocycles. The first-order valence-electron chi connectivity index (χ1n) is 8.32. The summed E-state index contributed by atoms with van der Waals surface area (Å²) in [5, 5.41) is 0. The summed E-state index contributed by atoms with van der Waals surface area (Å²) >= 11 is 0. The minimum Gasteiger partial charge on any atom is -0.469 e. The topological polar surface area (TPSA) is 78.9 Å². The van der Waals surface area contributed by atoms with Gasteiger partial charge in [0.2, 0.25) is 0 Å². The van der Waals surface area contributed by atoms with E-state index >= 15 is 0 Å². The van der Waals surface area contributed by atoms with Crippen molar-refractivity contribution in [3.63, 3.8) is 0 Å². The number of ether oxygens (including phenoxy) is 3. The molecule has 1 unspecified atom stereocenters. The molecule has 146 valence electrons. The Morgan fingerprint density at radius 3 is 1.64 bits per heavy atom. The number of carbonyl (C=O) groups is 3. The van der Waals surface area contributed by atoms with Gasteiger partial charge in [-0.25, -0.2) is 4.39 Å². The van der Waals surface area contributed by atoms with Gasteiger partial charge < -0.3 is 14.2 Å². The Balaban J connectivity index is 5.73. The van der Waals surface area contributed by atoms with Gasteiger partial charge in [-0.2, -0.15) is 0 Å². The van der Waals surface area contributed by atoms with Crippen molar-refractivity contribution in [2.75, 3.05) is 27.5 Å².